The first-order valence-electron chi connectivity index (χ1n) is 5.95. The van der Waals surface area contributed by atoms with Gasteiger partial charge in [0.1, 0.15) is 11.6 Å². The van der Waals surface area contributed by atoms with Gasteiger partial charge < -0.3 is 0 Å². The Bertz CT molecular complexity index is 633. The molecule has 0 radical (unpaired) electrons. The van der Waals surface area contributed by atoms with Gasteiger partial charge in [0, 0.05) is 13.0 Å². The quantitative estimate of drug-likeness (QED) is 0.698. The molecular weight excluding hydrogens is 219 g/mol. The maximum absolute atomic E-state index is 13.2. The van der Waals surface area contributed by atoms with E-state index < -0.39 is 0 Å². The van der Waals surface area contributed by atoms with Crippen molar-refractivity contribution >= 4 is 10.9 Å². The highest BCUT2D eigenvalue weighted by molar-refractivity contribution is 5.77. The molecule has 3 rings (SSSR count). The standard InChI is InChI=1S/C13H13FN2O/c14-9-5-6-11-10(8-9)13(17)16-7-3-1-2-4-12(16)15-11/h5-6,8H,1-4,7H2. The molecule has 1 aromatic heterocycles. The third kappa shape index (κ3) is 1.73. The summed E-state index contributed by atoms with van der Waals surface area (Å²) in [6.45, 7) is 0.702. The molecule has 2 aromatic rings. The van der Waals surface area contributed by atoms with E-state index in [1.807, 2.05) is 0 Å². The molecule has 0 unspecified atom stereocenters. The van der Waals surface area contributed by atoms with Crippen molar-refractivity contribution in [2.24, 2.45) is 0 Å². The molecule has 2 heterocycles. The Morgan fingerprint density at radius 2 is 2.12 bits per heavy atom. The molecule has 0 amide bonds. The molecule has 0 aliphatic carbocycles. The average Bonchev–Trinajstić information content (AvgIpc) is 2.56. The molecule has 88 valence electrons. The van der Waals surface area contributed by atoms with Crippen LogP contribution in [0.25, 0.3) is 10.9 Å². The zero-order valence-electron chi connectivity index (χ0n) is 9.45. The molecule has 1 aliphatic rings. The Morgan fingerprint density at radius 3 is 3.00 bits per heavy atom. The fraction of sp³-hybridized carbons (Fsp3) is 0.385. The first-order chi connectivity index (χ1) is 8.25. The van der Waals surface area contributed by atoms with Gasteiger partial charge in [-0.1, -0.05) is 6.42 Å². The molecule has 0 saturated heterocycles. The van der Waals surface area contributed by atoms with Crippen molar-refractivity contribution in [2.45, 2.75) is 32.2 Å². The van der Waals surface area contributed by atoms with Crippen LogP contribution >= 0.6 is 0 Å². The third-order valence-corrected chi connectivity index (χ3v) is 3.28. The molecule has 0 atom stereocenters. The van der Waals surface area contributed by atoms with Crippen molar-refractivity contribution in [3.63, 3.8) is 0 Å². The van der Waals surface area contributed by atoms with Crippen LogP contribution in [0.2, 0.25) is 0 Å². The number of rotatable bonds is 0. The highest BCUT2D eigenvalue weighted by Gasteiger charge is 2.13. The summed E-state index contributed by atoms with van der Waals surface area (Å²) >= 11 is 0. The van der Waals surface area contributed by atoms with E-state index in [2.05, 4.69) is 4.98 Å². The predicted molar refractivity (Wildman–Crippen MR) is 63.5 cm³/mol. The van der Waals surface area contributed by atoms with E-state index >= 15 is 0 Å². The van der Waals surface area contributed by atoms with Gasteiger partial charge in [0.05, 0.1) is 10.9 Å². The van der Waals surface area contributed by atoms with Crippen LogP contribution < -0.4 is 5.56 Å². The number of hydrogen-bond donors (Lipinski definition) is 0. The van der Waals surface area contributed by atoms with E-state index in [-0.39, 0.29) is 11.4 Å². The zero-order chi connectivity index (χ0) is 11.8. The van der Waals surface area contributed by atoms with E-state index in [1.54, 1.807) is 10.6 Å². The molecule has 0 spiro atoms. The average molecular weight is 232 g/mol. The summed E-state index contributed by atoms with van der Waals surface area (Å²) in [5.41, 5.74) is 0.496. The van der Waals surface area contributed by atoms with Crippen LogP contribution in [0, 0.1) is 5.82 Å². The number of benzene rings is 1. The van der Waals surface area contributed by atoms with Gasteiger partial charge >= 0.3 is 0 Å². The van der Waals surface area contributed by atoms with Gasteiger partial charge in [-0.3, -0.25) is 9.36 Å². The van der Waals surface area contributed by atoms with Crippen LogP contribution in [-0.2, 0) is 13.0 Å². The van der Waals surface area contributed by atoms with Crippen LogP contribution in [0.4, 0.5) is 4.39 Å². The monoisotopic (exact) mass is 232 g/mol. The summed E-state index contributed by atoms with van der Waals surface area (Å²) in [6.07, 6.45) is 4.02. The first-order valence-corrected chi connectivity index (χ1v) is 5.95. The topological polar surface area (TPSA) is 34.9 Å². The Morgan fingerprint density at radius 1 is 1.24 bits per heavy atom. The van der Waals surface area contributed by atoms with Gasteiger partial charge in [0.2, 0.25) is 0 Å². The molecular formula is C13H13FN2O. The molecule has 1 aliphatic heterocycles. The minimum atomic E-state index is -0.384. The number of hydrogen-bond acceptors (Lipinski definition) is 2. The van der Waals surface area contributed by atoms with E-state index in [4.69, 9.17) is 0 Å². The number of fused-ring (bicyclic) bond motifs is 2. The fourth-order valence-electron chi connectivity index (χ4n) is 2.39. The maximum atomic E-state index is 13.2. The lowest BCUT2D eigenvalue weighted by atomic mass is 10.2. The summed E-state index contributed by atoms with van der Waals surface area (Å²) in [5.74, 6) is 0.456. The van der Waals surface area contributed by atoms with Crippen molar-refractivity contribution < 1.29 is 4.39 Å². The second kappa shape index (κ2) is 3.95. The van der Waals surface area contributed by atoms with Crippen molar-refractivity contribution in [2.75, 3.05) is 0 Å². The minimum absolute atomic E-state index is 0.105. The molecule has 17 heavy (non-hydrogen) atoms. The Kier molecular flexibility index (Phi) is 2.42. The summed E-state index contributed by atoms with van der Waals surface area (Å²) in [4.78, 5) is 16.7. The van der Waals surface area contributed by atoms with Crippen LogP contribution in [0.1, 0.15) is 25.1 Å². The van der Waals surface area contributed by atoms with Crippen LogP contribution in [0.15, 0.2) is 23.0 Å². The van der Waals surface area contributed by atoms with Crippen LogP contribution in [-0.4, -0.2) is 9.55 Å². The number of halogens is 1. The van der Waals surface area contributed by atoms with Gasteiger partial charge in [-0.15, -0.1) is 0 Å². The van der Waals surface area contributed by atoms with Crippen molar-refractivity contribution in [3.05, 3.63) is 40.2 Å². The Labute approximate surface area is 97.9 Å². The third-order valence-electron chi connectivity index (χ3n) is 3.28. The van der Waals surface area contributed by atoms with E-state index in [0.29, 0.717) is 17.4 Å². The molecule has 1 aromatic carbocycles. The van der Waals surface area contributed by atoms with E-state index in [1.165, 1.54) is 12.1 Å². The van der Waals surface area contributed by atoms with Gasteiger partial charge in [-0.2, -0.15) is 0 Å². The normalized spacial score (nSPS) is 15.6. The fourth-order valence-corrected chi connectivity index (χ4v) is 2.39. The number of aryl methyl sites for hydroxylation is 1. The molecule has 0 fully saturated rings. The molecule has 4 heteroatoms. The van der Waals surface area contributed by atoms with Crippen LogP contribution in [0.5, 0.6) is 0 Å². The molecule has 0 N–H and O–H groups in total. The Hall–Kier alpha value is -1.71. The molecule has 0 saturated carbocycles. The lowest BCUT2D eigenvalue weighted by Crippen LogP contribution is -2.24. The largest absolute Gasteiger partial charge is 0.296 e. The van der Waals surface area contributed by atoms with Crippen molar-refractivity contribution in [1.29, 1.82) is 0 Å². The summed E-state index contributed by atoms with van der Waals surface area (Å²) in [6, 6.07) is 4.21. The van der Waals surface area contributed by atoms with E-state index in [0.717, 1.165) is 31.5 Å². The predicted octanol–water partition coefficient (Wildman–Crippen LogP) is 2.26. The Balaban J connectivity index is 2.33. The summed E-state index contributed by atoms with van der Waals surface area (Å²) in [7, 11) is 0. The van der Waals surface area contributed by atoms with Crippen molar-refractivity contribution in [1.82, 2.24) is 9.55 Å². The lowest BCUT2D eigenvalue weighted by molar-refractivity contribution is 0.611. The van der Waals surface area contributed by atoms with E-state index in [9.17, 15) is 9.18 Å². The zero-order valence-corrected chi connectivity index (χ0v) is 9.45. The second-order valence-electron chi connectivity index (χ2n) is 4.46. The van der Waals surface area contributed by atoms with Gasteiger partial charge in [-0.05, 0) is 31.0 Å². The van der Waals surface area contributed by atoms with Crippen LogP contribution in [0.3, 0.4) is 0 Å². The highest BCUT2D eigenvalue weighted by Crippen LogP contribution is 2.15. The summed E-state index contributed by atoms with van der Waals surface area (Å²) in [5, 5.41) is 0.385. The minimum Gasteiger partial charge on any atom is -0.296 e. The first kappa shape index (κ1) is 10.4. The number of aromatic nitrogens is 2. The SMILES string of the molecule is O=c1c2cc(F)ccc2nc2n1CCCCC2. The molecule has 0 bridgehead atoms. The van der Waals surface area contributed by atoms with Gasteiger partial charge in [0.15, 0.2) is 0 Å². The summed E-state index contributed by atoms with van der Waals surface area (Å²) < 4.78 is 14.9. The van der Waals surface area contributed by atoms with Gasteiger partial charge in [-0.25, -0.2) is 9.37 Å². The van der Waals surface area contributed by atoms with Gasteiger partial charge in [0.25, 0.3) is 5.56 Å². The highest BCUT2D eigenvalue weighted by atomic mass is 19.1. The molecule has 3 nitrogen and oxygen atoms in total. The number of nitrogens with zero attached hydrogens (tertiary/aromatic N) is 2. The van der Waals surface area contributed by atoms with Crippen molar-refractivity contribution in [3.8, 4) is 0 Å². The second-order valence-corrected chi connectivity index (χ2v) is 4.46. The maximum Gasteiger partial charge on any atom is 0.261 e. The lowest BCUT2D eigenvalue weighted by Gasteiger charge is -2.09. The smallest absolute Gasteiger partial charge is 0.261 e.